The second-order valence-electron chi connectivity index (χ2n) is 5.14. The third-order valence-corrected chi connectivity index (χ3v) is 3.66. The standard InChI is InChI=1S/C14H27N3O3/c1-3-15-14(16-6-9-18-2)17-7-10-20-13(11-17)12-5-4-8-19-12/h12-13H,3-11H2,1-2H3,(H,15,16). The molecule has 0 saturated carbocycles. The largest absolute Gasteiger partial charge is 0.383 e. The maximum atomic E-state index is 5.87. The van der Waals surface area contributed by atoms with Crippen molar-refractivity contribution in [1.29, 1.82) is 0 Å². The fourth-order valence-corrected chi connectivity index (χ4v) is 2.66. The summed E-state index contributed by atoms with van der Waals surface area (Å²) in [7, 11) is 1.70. The van der Waals surface area contributed by atoms with E-state index in [1.54, 1.807) is 7.11 Å². The van der Waals surface area contributed by atoms with Crippen LogP contribution < -0.4 is 5.32 Å². The van der Waals surface area contributed by atoms with Gasteiger partial charge >= 0.3 is 0 Å². The summed E-state index contributed by atoms with van der Waals surface area (Å²) in [5.41, 5.74) is 0. The predicted octanol–water partition coefficient (Wildman–Crippen LogP) is 0.478. The first-order chi connectivity index (χ1) is 9.85. The van der Waals surface area contributed by atoms with Crippen LogP contribution in [0.5, 0.6) is 0 Å². The highest BCUT2D eigenvalue weighted by Crippen LogP contribution is 2.20. The molecule has 116 valence electrons. The number of morpholine rings is 1. The van der Waals surface area contributed by atoms with Crippen LogP contribution in [0.25, 0.3) is 0 Å². The van der Waals surface area contributed by atoms with Crippen LogP contribution in [0, 0.1) is 0 Å². The van der Waals surface area contributed by atoms with Crippen molar-refractivity contribution in [3.63, 3.8) is 0 Å². The second-order valence-corrected chi connectivity index (χ2v) is 5.14. The first-order valence-corrected chi connectivity index (χ1v) is 7.60. The molecule has 0 aromatic rings. The Morgan fingerprint density at radius 2 is 2.20 bits per heavy atom. The SMILES string of the molecule is CCNC(=NCCOC)N1CCOC(C2CCCO2)C1. The molecule has 0 amide bonds. The molecule has 0 bridgehead atoms. The van der Waals surface area contributed by atoms with Gasteiger partial charge in [-0.15, -0.1) is 0 Å². The normalized spacial score (nSPS) is 27.9. The Morgan fingerprint density at radius 1 is 1.35 bits per heavy atom. The minimum absolute atomic E-state index is 0.164. The number of hydrogen-bond donors (Lipinski definition) is 1. The molecule has 6 nitrogen and oxygen atoms in total. The Balaban J connectivity index is 1.91. The lowest BCUT2D eigenvalue weighted by Crippen LogP contribution is -2.53. The van der Waals surface area contributed by atoms with Crippen molar-refractivity contribution in [3.05, 3.63) is 0 Å². The van der Waals surface area contributed by atoms with E-state index in [4.69, 9.17) is 14.2 Å². The lowest BCUT2D eigenvalue weighted by Gasteiger charge is -2.37. The van der Waals surface area contributed by atoms with E-state index in [0.717, 1.165) is 51.6 Å². The molecular formula is C14H27N3O3. The molecule has 2 rings (SSSR count). The van der Waals surface area contributed by atoms with Crippen LogP contribution in [0.3, 0.4) is 0 Å². The van der Waals surface area contributed by atoms with E-state index >= 15 is 0 Å². The smallest absolute Gasteiger partial charge is 0.194 e. The van der Waals surface area contributed by atoms with Crippen molar-refractivity contribution in [1.82, 2.24) is 10.2 Å². The third kappa shape index (κ3) is 4.33. The van der Waals surface area contributed by atoms with Crippen molar-refractivity contribution in [3.8, 4) is 0 Å². The van der Waals surface area contributed by atoms with Crippen LogP contribution in [-0.4, -0.2) is 76.2 Å². The van der Waals surface area contributed by atoms with E-state index in [0.29, 0.717) is 13.2 Å². The van der Waals surface area contributed by atoms with Crippen LogP contribution >= 0.6 is 0 Å². The summed E-state index contributed by atoms with van der Waals surface area (Å²) in [6.07, 6.45) is 2.67. The fourth-order valence-electron chi connectivity index (χ4n) is 2.66. The van der Waals surface area contributed by atoms with E-state index in [9.17, 15) is 0 Å². The number of rotatable bonds is 5. The summed E-state index contributed by atoms with van der Waals surface area (Å²) in [6, 6.07) is 0. The van der Waals surface area contributed by atoms with Gasteiger partial charge in [0.2, 0.25) is 0 Å². The number of aliphatic imine (C=N–C) groups is 1. The Morgan fingerprint density at radius 3 is 2.90 bits per heavy atom. The van der Waals surface area contributed by atoms with Gasteiger partial charge in [0.1, 0.15) is 6.10 Å². The molecule has 1 N–H and O–H groups in total. The average molecular weight is 285 g/mol. The van der Waals surface area contributed by atoms with E-state index < -0.39 is 0 Å². The van der Waals surface area contributed by atoms with Crippen LogP contribution in [0.15, 0.2) is 4.99 Å². The number of nitrogens with one attached hydrogen (secondary N) is 1. The topological polar surface area (TPSA) is 55.3 Å². The quantitative estimate of drug-likeness (QED) is 0.452. The minimum atomic E-state index is 0.164. The van der Waals surface area contributed by atoms with Crippen molar-refractivity contribution < 1.29 is 14.2 Å². The maximum Gasteiger partial charge on any atom is 0.194 e. The van der Waals surface area contributed by atoms with Gasteiger partial charge in [-0.1, -0.05) is 0 Å². The molecule has 0 aliphatic carbocycles. The Bertz CT molecular complexity index is 306. The average Bonchev–Trinajstić information content (AvgIpc) is 3.01. The number of hydrogen-bond acceptors (Lipinski definition) is 4. The summed E-state index contributed by atoms with van der Waals surface area (Å²) in [5.74, 6) is 0.954. The Kier molecular flexibility index (Phi) is 6.56. The highest BCUT2D eigenvalue weighted by molar-refractivity contribution is 5.80. The van der Waals surface area contributed by atoms with Crippen LogP contribution in [0.4, 0.5) is 0 Å². The van der Waals surface area contributed by atoms with Crippen LogP contribution in [-0.2, 0) is 14.2 Å². The number of guanidine groups is 1. The second kappa shape index (κ2) is 8.44. The van der Waals surface area contributed by atoms with Crippen molar-refractivity contribution in [2.45, 2.75) is 32.0 Å². The highest BCUT2D eigenvalue weighted by Gasteiger charge is 2.32. The summed E-state index contributed by atoms with van der Waals surface area (Å²) < 4.78 is 16.7. The molecule has 2 aliphatic rings. The summed E-state index contributed by atoms with van der Waals surface area (Å²) >= 11 is 0. The van der Waals surface area contributed by atoms with Crippen LogP contribution in [0.2, 0.25) is 0 Å². The lowest BCUT2D eigenvalue weighted by atomic mass is 10.1. The molecule has 2 unspecified atom stereocenters. The first kappa shape index (κ1) is 15.5. The van der Waals surface area contributed by atoms with Crippen molar-refractivity contribution in [2.24, 2.45) is 4.99 Å². The molecule has 2 saturated heterocycles. The molecule has 2 atom stereocenters. The zero-order chi connectivity index (χ0) is 14.2. The molecule has 0 aromatic carbocycles. The molecule has 2 aliphatic heterocycles. The van der Waals surface area contributed by atoms with Gasteiger partial charge in [0, 0.05) is 33.4 Å². The van der Waals surface area contributed by atoms with Crippen molar-refractivity contribution >= 4 is 5.96 Å². The zero-order valence-corrected chi connectivity index (χ0v) is 12.6. The summed E-state index contributed by atoms with van der Waals surface area (Å²) in [6.45, 7) is 7.62. The highest BCUT2D eigenvalue weighted by atomic mass is 16.5. The zero-order valence-electron chi connectivity index (χ0n) is 12.6. The number of nitrogens with zero attached hydrogens (tertiary/aromatic N) is 2. The van der Waals surface area contributed by atoms with Crippen LogP contribution in [0.1, 0.15) is 19.8 Å². The van der Waals surface area contributed by atoms with Gasteiger partial charge in [-0.05, 0) is 19.8 Å². The van der Waals surface area contributed by atoms with E-state index in [2.05, 4.69) is 22.1 Å². The number of methoxy groups -OCH3 is 1. The van der Waals surface area contributed by atoms with E-state index in [-0.39, 0.29) is 12.2 Å². The Hall–Kier alpha value is -0.850. The Labute approximate surface area is 121 Å². The molecule has 0 spiro atoms. The molecule has 6 heteroatoms. The monoisotopic (exact) mass is 285 g/mol. The molecule has 0 radical (unpaired) electrons. The third-order valence-electron chi connectivity index (χ3n) is 3.66. The van der Waals surface area contributed by atoms with Gasteiger partial charge in [-0.3, -0.25) is 4.99 Å². The van der Waals surface area contributed by atoms with E-state index in [1.165, 1.54) is 0 Å². The van der Waals surface area contributed by atoms with E-state index in [1.807, 2.05) is 0 Å². The molecular weight excluding hydrogens is 258 g/mol. The van der Waals surface area contributed by atoms with Gasteiger partial charge in [0.15, 0.2) is 5.96 Å². The number of ether oxygens (including phenoxy) is 3. The molecule has 2 heterocycles. The van der Waals surface area contributed by atoms with Gasteiger partial charge in [-0.2, -0.15) is 0 Å². The molecule has 2 fully saturated rings. The van der Waals surface area contributed by atoms with Gasteiger partial charge in [-0.25, -0.2) is 0 Å². The van der Waals surface area contributed by atoms with Gasteiger partial charge < -0.3 is 24.4 Å². The van der Waals surface area contributed by atoms with Gasteiger partial charge in [0.25, 0.3) is 0 Å². The summed E-state index contributed by atoms with van der Waals surface area (Å²) in [5, 5.41) is 3.35. The lowest BCUT2D eigenvalue weighted by molar-refractivity contribution is -0.0817. The maximum absolute atomic E-state index is 5.87. The fraction of sp³-hybridized carbons (Fsp3) is 0.929. The summed E-state index contributed by atoms with van der Waals surface area (Å²) in [4.78, 5) is 6.87. The molecule has 0 aromatic heterocycles. The van der Waals surface area contributed by atoms with Gasteiger partial charge in [0.05, 0.1) is 25.9 Å². The minimum Gasteiger partial charge on any atom is -0.383 e. The molecule has 20 heavy (non-hydrogen) atoms. The predicted molar refractivity (Wildman–Crippen MR) is 78.1 cm³/mol. The first-order valence-electron chi connectivity index (χ1n) is 7.60. The van der Waals surface area contributed by atoms with Crippen molar-refractivity contribution in [2.75, 3.05) is 53.1 Å².